The fourth-order valence-electron chi connectivity index (χ4n) is 3.54. The average molecular weight is 324 g/mol. The molecule has 0 N–H and O–H groups in total. The largest absolute Gasteiger partial charge is 1.00 e. The number of hydrogen-bond acceptors (Lipinski definition) is 1. The van der Waals surface area contributed by atoms with Crippen LogP contribution in [0.15, 0.2) is 36.4 Å². The zero-order valence-corrected chi connectivity index (χ0v) is 17.5. The first-order valence-corrected chi connectivity index (χ1v) is 15.0. The summed E-state index contributed by atoms with van der Waals surface area (Å²) < 4.78 is 2.89. The third kappa shape index (κ3) is 4.91. The van der Waals surface area contributed by atoms with Crippen molar-refractivity contribution in [2.45, 2.75) is 52.1 Å². The van der Waals surface area contributed by atoms with Gasteiger partial charge in [-0.1, -0.05) is 51.8 Å². The Bertz CT molecular complexity index is 579. The predicted molar refractivity (Wildman–Crippen MR) is 101 cm³/mol. The zero-order chi connectivity index (χ0) is 15.7. The number of fused-ring (bicyclic) bond motifs is 1. The second-order valence-electron chi connectivity index (χ2n) is 8.04. The molecule has 0 saturated carbocycles. The molecule has 4 heteroatoms. The third-order valence-electron chi connectivity index (χ3n) is 4.22. The maximum Gasteiger partial charge on any atom is 1.00 e. The number of rotatable bonds is 6. The van der Waals surface area contributed by atoms with E-state index in [2.05, 4.69) is 79.9 Å². The van der Waals surface area contributed by atoms with E-state index in [9.17, 15) is 0 Å². The molecule has 0 aliphatic rings. The quantitative estimate of drug-likeness (QED) is 0.583. The van der Waals surface area contributed by atoms with Crippen molar-refractivity contribution in [2.24, 2.45) is 0 Å². The van der Waals surface area contributed by atoms with Gasteiger partial charge in [0.2, 0.25) is 0 Å². The summed E-state index contributed by atoms with van der Waals surface area (Å²) in [7, 11) is -2.41. The number of hydrogen-bond donors (Lipinski definition) is 0. The normalized spacial score (nSPS) is 12.7. The Labute approximate surface area is 150 Å². The Morgan fingerprint density at radius 2 is 1.55 bits per heavy atom. The fraction of sp³-hybridized carbons (Fsp3) is 0.500. The molecule has 116 valence electrons. The molecule has 0 bridgehead atoms. The summed E-state index contributed by atoms with van der Waals surface area (Å²) in [5.41, 5.74) is 1.52. The first-order valence-electron chi connectivity index (χ1n) is 8.11. The zero-order valence-electron chi connectivity index (χ0n) is 15.5. The number of benzene rings is 1. The van der Waals surface area contributed by atoms with Crippen LogP contribution in [0.3, 0.4) is 0 Å². The van der Waals surface area contributed by atoms with Gasteiger partial charge in [0.15, 0.2) is 0 Å². The predicted octanol–water partition coefficient (Wildman–Crippen LogP) is 2.47. The molecular formula is C18H30LiNSi2. The van der Waals surface area contributed by atoms with Crippen LogP contribution in [0.5, 0.6) is 0 Å². The maximum atomic E-state index is 2.89. The summed E-state index contributed by atoms with van der Waals surface area (Å²) in [4.78, 5) is 0. The molecule has 0 aliphatic carbocycles. The SMILES string of the molecule is C[Si](C)(C)N(CCCc1c[cH-]c2ccccc12)[Si](C)(C)C.[Li+]. The minimum Gasteiger partial charge on any atom is -0.346 e. The van der Waals surface area contributed by atoms with Gasteiger partial charge >= 0.3 is 18.9 Å². The standard InChI is InChI=1S/C18H30NSi2.Li/c1-20(2,3)19(21(4,5)6)15-9-11-17-14-13-16-10-7-8-12-18(16)17;/h7-8,10,12-14H,9,11,15H2,1-6H3;/q-1;+1. The number of nitrogens with zero attached hydrogens (tertiary/aromatic N) is 1. The van der Waals surface area contributed by atoms with Crippen LogP contribution in [0.2, 0.25) is 39.3 Å². The van der Waals surface area contributed by atoms with E-state index in [-0.39, 0.29) is 18.9 Å². The second-order valence-corrected chi connectivity index (χ2v) is 18.3. The van der Waals surface area contributed by atoms with Gasteiger partial charge in [0, 0.05) is 0 Å². The van der Waals surface area contributed by atoms with E-state index < -0.39 is 16.5 Å². The molecule has 0 aliphatic heterocycles. The Morgan fingerprint density at radius 1 is 0.955 bits per heavy atom. The van der Waals surface area contributed by atoms with E-state index in [1.165, 1.54) is 35.7 Å². The van der Waals surface area contributed by atoms with Crippen LogP contribution in [0.1, 0.15) is 12.0 Å². The minimum absolute atomic E-state index is 0. The molecule has 0 aromatic heterocycles. The van der Waals surface area contributed by atoms with Gasteiger partial charge in [-0.15, -0.1) is 41.1 Å². The van der Waals surface area contributed by atoms with Gasteiger partial charge in [-0.2, -0.15) is 5.56 Å². The van der Waals surface area contributed by atoms with Crippen LogP contribution >= 0.6 is 0 Å². The van der Waals surface area contributed by atoms with E-state index >= 15 is 0 Å². The van der Waals surface area contributed by atoms with E-state index in [1.54, 1.807) is 0 Å². The van der Waals surface area contributed by atoms with Gasteiger partial charge < -0.3 is 4.23 Å². The Kier molecular flexibility index (Phi) is 6.86. The molecule has 0 unspecified atom stereocenters. The first kappa shape index (κ1) is 19.9. The molecular weight excluding hydrogens is 293 g/mol. The van der Waals surface area contributed by atoms with Crippen molar-refractivity contribution in [1.82, 2.24) is 4.23 Å². The van der Waals surface area contributed by atoms with Crippen molar-refractivity contribution in [3.8, 4) is 0 Å². The maximum absolute atomic E-state index is 2.89. The molecule has 0 spiro atoms. The van der Waals surface area contributed by atoms with Crippen LogP contribution in [0, 0.1) is 0 Å². The first-order chi connectivity index (χ1) is 9.69. The van der Waals surface area contributed by atoms with E-state index in [0.29, 0.717) is 0 Å². The van der Waals surface area contributed by atoms with Crippen molar-refractivity contribution < 1.29 is 18.9 Å². The van der Waals surface area contributed by atoms with Gasteiger partial charge in [0.25, 0.3) is 0 Å². The summed E-state index contributed by atoms with van der Waals surface area (Å²) >= 11 is 0. The van der Waals surface area contributed by atoms with E-state index in [4.69, 9.17) is 0 Å². The molecule has 1 nitrogen and oxygen atoms in total. The van der Waals surface area contributed by atoms with Crippen molar-refractivity contribution >= 4 is 27.2 Å². The molecule has 2 rings (SSSR count). The number of aryl methyl sites for hydroxylation is 1. The third-order valence-corrected chi connectivity index (χ3v) is 11.9. The van der Waals surface area contributed by atoms with Gasteiger partial charge in [-0.25, -0.2) is 0 Å². The summed E-state index contributed by atoms with van der Waals surface area (Å²) in [6, 6.07) is 13.3. The van der Waals surface area contributed by atoms with Crippen molar-refractivity contribution in [2.75, 3.05) is 6.54 Å². The van der Waals surface area contributed by atoms with Gasteiger partial charge in [-0.3, -0.25) is 0 Å². The molecule has 2 aromatic carbocycles. The molecule has 22 heavy (non-hydrogen) atoms. The molecule has 2 aromatic rings. The summed E-state index contributed by atoms with van der Waals surface area (Å²) in [5.74, 6) is 0. The summed E-state index contributed by atoms with van der Waals surface area (Å²) in [5, 5.41) is 2.84. The topological polar surface area (TPSA) is 3.24 Å². The fourth-order valence-corrected chi connectivity index (χ4v) is 13.2. The second kappa shape index (κ2) is 7.59. The molecule has 0 heterocycles. The van der Waals surface area contributed by atoms with E-state index in [0.717, 1.165) is 0 Å². The van der Waals surface area contributed by atoms with Crippen LogP contribution in [-0.4, -0.2) is 27.2 Å². The van der Waals surface area contributed by atoms with Gasteiger partial charge in [-0.05, 0) is 13.0 Å². The molecule has 0 fully saturated rings. The molecule has 0 amide bonds. The monoisotopic (exact) mass is 323 g/mol. The van der Waals surface area contributed by atoms with Crippen molar-refractivity contribution in [3.63, 3.8) is 0 Å². The van der Waals surface area contributed by atoms with Gasteiger partial charge in [0.1, 0.15) is 16.5 Å². The minimum atomic E-state index is -1.20. The van der Waals surface area contributed by atoms with Crippen LogP contribution in [-0.2, 0) is 6.42 Å². The van der Waals surface area contributed by atoms with Crippen LogP contribution in [0.4, 0.5) is 0 Å². The van der Waals surface area contributed by atoms with Crippen LogP contribution < -0.4 is 18.9 Å². The summed E-state index contributed by atoms with van der Waals surface area (Å²) in [6.07, 6.45) is 2.49. The average Bonchev–Trinajstić information content (AvgIpc) is 2.75. The van der Waals surface area contributed by atoms with Gasteiger partial charge in [0.05, 0.1) is 0 Å². The molecule has 0 atom stereocenters. The Balaban J connectivity index is 0.00000242. The molecule has 0 saturated heterocycles. The van der Waals surface area contributed by atoms with Crippen LogP contribution in [0.25, 0.3) is 10.8 Å². The summed E-state index contributed by atoms with van der Waals surface area (Å²) in [6.45, 7) is 16.2. The Hall–Kier alpha value is -0.179. The van der Waals surface area contributed by atoms with E-state index in [1.807, 2.05) is 0 Å². The smallest absolute Gasteiger partial charge is 0.346 e. The molecule has 0 radical (unpaired) electrons. The van der Waals surface area contributed by atoms with Crippen molar-refractivity contribution in [3.05, 3.63) is 42.0 Å². The Morgan fingerprint density at radius 3 is 2.14 bits per heavy atom. The van der Waals surface area contributed by atoms with Crippen molar-refractivity contribution in [1.29, 1.82) is 0 Å².